The lowest BCUT2D eigenvalue weighted by molar-refractivity contribution is 0.0630. The molecule has 146 valence electrons. The predicted molar refractivity (Wildman–Crippen MR) is 107 cm³/mol. The lowest BCUT2D eigenvalue weighted by Gasteiger charge is -2.34. The molecule has 3 N–H and O–H groups in total. The van der Waals surface area contributed by atoms with Crippen molar-refractivity contribution < 1.29 is 21.1 Å². The van der Waals surface area contributed by atoms with E-state index >= 15 is 0 Å². The van der Waals surface area contributed by atoms with Crippen LogP contribution in [-0.2, 0) is 0 Å². The fourth-order valence-electron chi connectivity index (χ4n) is 3.81. The summed E-state index contributed by atoms with van der Waals surface area (Å²) in [6.07, 6.45) is -0.393. The van der Waals surface area contributed by atoms with Gasteiger partial charge in [-0.25, -0.2) is 0 Å². The third kappa shape index (κ3) is 3.13. The molecule has 1 fully saturated rings. The maximum absolute atomic E-state index is 12.8. The van der Waals surface area contributed by atoms with Crippen LogP contribution in [0.3, 0.4) is 0 Å². The Morgan fingerprint density at radius 2 is 2.04 bits per heavy atom. The van der Waals surface area contributed by atoms with Crippen LogP contribution >= 0.6 is 11.6 Å². The number of likely N-dealkylation sites (N-methyl/N-ethyl adjacent to an activating group) is 1. The van der Waals surface area contributed by atoms with Gasteiger partial charge in [-0.15, -0.1) is 0 Å². The van der Waals surface area contributed by atoms with Gasteiger partial charge in [0.2, 0.25) is 0 Å². The Morgan fingerprint density at radius 1 is 1.25 bits per heavy atom. The number of aliphatic hydroxyl groups is 1. The molecule has 0 spiro atoms. The highest BCUT2D eigenvalue weighted by Crippen LogP contribution is 2.42. The van der Waals surface area contributed by atoms with E-state index in [1.54, 1.807) is 29.2 Å². The summed E-state index contributed by atoms with van der Waals surface area (Å²) in [4.78, 5) is 14.6. The number of fused-ring (bicyclic) bond motifs is 1. The van der Waals surface area contributed by atoms with E-state index in [4.69, 9.17) is 17.4 Å². The lowest BCUT2D eigenvalue weighted by atomic mass is 9.85. The topological polar surface area (TPSA) is 94.1 Å². The van der Waals surface area contributed by atoms with Crippen LogP contribution in [0.1, 0.15) is 19.3 Å². The fourth-order valence-corrected chi connectivity index (χ4v) is 4.04. The van der Waals surface area contributed by atoms with Gasteiger partial charge in [0.15, 0.2) is 5.43 Å². The van der Waals surface area contributed by atoms with Crippen LogP contribution in [-0.4, -0.2) is 46.4 Å². The largest absolute Gasteiger partial charge is 0.507 e. The van der Waals surface area contributed by atoms with Gasteiger partial charge in [-0.2, -0.15) is 0 Å². The minimum atomic E-state index is -0.859. The summed E-state index contributed by atoms with van der Waals surface area (Å²) in [6.45, 7) is 0.825. The molecule has 1 aliphatic rings. The number of likely N-dealkylation sites (tertiary alicyclic amines) is 1. The zero-order valence-corrected chi connectivity index (χ0v) is 15.7. The molecule has 0 bridgehead atoms. The third-order valence-corrected chi connectivity index (χ3v) is 5.50. The minimum Gasteiger partial charge on any atom is -0.507 e. The summed E-state index contributed by atoms with van der Waals surface area (Å²) in [5.41, 5.74) is 0.346. The highest BCUT2D eigenvalue weighted by Gasteiger charge is 2.33. The molecule has 0 aliphatic carbocycles. The molecule has 4 rings (SSSR count). The van der Waals surface area contributed by atoms with Gasteiger partial charge in [-0.3, -0.25) is 4.79 Å². The molecule has 7 heteroatoms. The molecule has 28 heavy (non-hydrogen) atoms. The van der Waals surface area contributed by atoms with Crippen molar-refractivity contribution in [1.29, 1.82) is 0 Å². The van der Waals surface area contributed by atoms with Gasteiger partial charge in [0.1, 0.15) is 28.2 Å². The maximum atomic E-state index is 12.8. The van der Waals surface area contributed by atoms with Crippen molar-refractivity contribution in [2.75, 3.05) is 20.1 Å². The number of hydrogen-bond donors (Lipinski definition) is 3. The van der Waals surface area contributed by atoms with Gasteiger partial charge in [-0.05, 0) is 32.1 Å². The van der Waals surface area contributed by atoms with Crippen molar-refractivity contribution in [1.82, 2.24) is 4.90 Å². The molecule has 3 aromatic rings. The molecule has 1 saturated heterocycles. The Balaban J connectivity index is 1.95. The smallest absolute Gasteiger partial charge is 0.197 e. The number of rotatable bonds is 2. The van der Waals surface area contributed by atoms with Gasteiger partial charge in [0.25, 0.3) is 0 Å². The molecule has 0 amide bonds. The van der Waals surface area contributed by atoms with Crippen molar-refractivity contribution in [3.8, 4) is 22.8 Å². The first-order valence-corrected chi connectivity index (χ1v) is 9.25. The monoisotopic (exact) mass is 402 g/mol. The number of phenols is 2. The average Bonchev–Trinajstić information content (AvgIpc) is 2.68. The molecule has 0 saturated carbocycles. The summed E-state index contributed by atoms with van der Waals surface area (Å²) < 4.78 is 13.5. The molecule has 2 unspecified atom stereocenters. The van der Waals surface area contributed by atoms with Crippen LogP contribution in [0.5, 0.6) is 11.5 Å². The molecular weight excluding hydrogens is 382 g/mol. The number of piperidine rings is 1. The number of hydrogen-bond acceptors (Lipinski definition) is 6. The Labute approximate surface area is 167 Å². The second-order valence-electron chi connectivity index (χ2n) is 7.03. The van der Waals surface area contributed by atoms with E-state index in [9.17, 15) is 20.1 Å². The quantitative estimate of drug-likeness (QED) is 0.609. The molecule has 2 aromatic carbocycles. The van der Waals surface area contributed by atoms with Crippen LogP contribution in [0, 0.1) is 0 Å². The summed E-state index contributed by atoms with van der Waals surface area (Å²) in [5, 5.41) is 31.8. The van der Waals surface area contributed by atoms with Gasteiger partial charge in [-0.1, -0.05) is 23.7 Å². The Morgan fingerprint density at radius 3 is 2.75 bits per heavy atom. The van der Waals surface area contributed by atoms with E-state index in [1.807, 2.05) is 0 Å². The van der Waals surface area contributed by atoms with E-state index in [0.717, 1.165) is 6.07 Å². The van der Waals surface area contributed by atoms with Crippen molar-refractivity contribution in [3.63, 3.8) is 0 Å². The first kappa shape index (κ1) is 17.6. The van der Waals surface area contributed by atoms with E-state index < -0.39 is 23.2 Å². The van der Waals surface area contributed by atoms with E-state index in [0.29, 0.717) is 23.6 Å². The first-order chi connectivity index (χ1) is 13.9. The first-order valence-electron chi connectivity index (χ1n) is 9.58. The van der Waals surface area contributed by atoms with Crippen LogP contribution in [0.4, 0.5) is 0 Å². The van der Waals surface area contributed by atoms with Crippen LogP contribution in [0.15, 0.2) is 45.6 Å². The lowest BCUT2D eigenvalue weighted by Crippen LogP contribution is -2.40. The Hall–Kier alpha value is -2.54. The normalized spacial score (nSPS) is 21.0. The number of phenolic OH excluding ortho intramolecular Hbond substituents is 2. The minimum absolute atomic E-state index is 0.0355. The second-order valence-corrected chi connectivity index (χ2v) is 7.43. The number of β-amino-alcohol motifs (C(OH)–C–C–N with tert-alkyl or cyclic N) is 1. The molecule has 6 nitrogen and oxygen atoms in total. The molecule has 2 heterocycles. The van der Waals surface area contributed by atoms with Crippen LogP contribution < -0.4 is 5.43 Å². The SMILES string of the molecule is [2H]CN1CCC(c2c(O)cc(O)c3c(=O)cc(-c4ccccc4Cl)oc23)C(O)C1. The van der Waals surface area contributed by atoms with Gasteiger partial charge in [0.05, 0.1) is 11.1 Å². The Kier molecular flexibility index (Phi) is 4.47. The number of halogens is 1. The molecule has 1 aliphatic heterocycles. The van der Waals surface area contributed by atoms with Crippen molar-refractivity contribution in [2.45, 2.75) is 18.4 Å². The average molecular weight is 403 g/mol. The van der Waals surface area contributed by atoms with Crippen molar-refractivity contribution in [3.05, 3.63) is 57.2 Å². The molecule has 2 atom stereocenters. The van der Waals surface area contributed by atoms with Gasteiger partial charge < -0.3 is 24.6 Å². The second kappa shape index (κ2) is 7.13. The summed E-state index contributed by atoms with van der Waals surface area (Å²) in [5.74, 6) is -0.945. The molecule has 1 aromatic heterocycles. The number of aliphatic hydroxyl groups excluding tert-OH is 1. The van der Waals surface area contributed by atoms with Crippen LogP contribution in [0.25, 0.3) is 22.3 Å². The standard InChI is InChI=1S/C21H20ClNO5/c1-23-7-6-12(17(27)10-23)19-14(24)8-15(25)20-16(26)9-18(28-21(19)20)11-4-2-3-5-13(11)22/h2-5,8-9,12,17,24-25,27H,6-7,10H2,1H3/i1D. The molecule has 0 radical (unpaired) electrons. The van der Waals surface area contributed by atoms with Gasteiger partial charge >= 0.3 is 0 Å². The third-order valence-electron chi connectivity index (χ3n) is 5.17. The summed E-state index contributed by atoms with van der Waals surface area (Å²) in [6, 6.07) is 9.24. The van der Waals surface area contributed by atoms with Crippen LogP contribution in [0.2, 0.25) is 5.02 Å². The zero-order valence-electron chi connectivity index (χ0n) is 15.9. The van der Waals surface area contributed by atoms with Crippen molar-refractivity contribution >= 4 is 22.6 Å². The highest BCUT2D eigenvalue weighted by atomic mass is 35.5. The fraction of sp³-hybridized carbons (Fsp3) is 0.286. The van der Waals surface area contributed by atoms with Crippen molar-refractivity contribution in [2.24, 2.45) is 0 Å². The molecular formula is C21H20ClNO5. The van der Waals surface area contributed by atoms with E-state index in [1.165, 1.54) is 6.07 Å². The summed E-state index contributed by atoms with van der Waals surface area (Å²) >= 11 is 6.24. The van der Waals surface area contributed by atoms with E-state index in [-0.39, 0.29) is 41.6 Å². The maximum Gasteiger partial charge on any atom is 0.197 e. The number of aromatic hydroxyl groups is 2. The summed E-state index contributed by atoms with van der Waals surface area (Å²) in [7, 11) is 0.0673. The Bertz CT molecular complexity index is 1130. The van der Waals surface area contributed by atoms with Gasteiger partial charge in [0, 0.05) is 37.1 Å². The van der Waals surface area contributed by atoms with E-state index in [2.05, 4.69) is 0 Å². The number of benzene rings is 2. The highest BCUT2D eigenvalue weighted by molar-refractivity contribution is 6.33. The number of nitrogens with zero attached hydrogens (tertiary/aromatic N) is 1. The zero-order chi connectivity index (χ0) is 20.7. The predicted octanol–water partition coefficient (Wildman–Crippen LogP) is 3.30.